The molecule has 67 heavy (non-hydrogen) atoms. The van der Waals surface area contributed by atoms with Crippen molar-refractivity contribution in [1.82, 2.24) is 4.57 Å². The molecule has 0 saturated carbocycles. The standard InChI is InChI=1S/C64H48N2O/c1-64(2,3)48-32-25-46(26-33-48)58-42-52(38-39-53(58)56-21-14-22-57-55-20-11-13-24-62(55)67-63(56)57)65(50-34-27-44(28-35-50)43-15-6-4-7-16-43)51-36-29-45(30-37-51)47-31-40-61-59(41-47)54-19-10-12-23-60(54)66(61)49-17-8-5-9-18-49/h4-42H,1-3H3. The van der Waals surface area contributed by atoms with Crippen LogP contribution < -0.4 is 4.90 Å². The van der Waals surface area contributed by atoms with Gasteiger partial charge in [0.1, 0.15) is 11.2 Å². The highest BCUT2D eigenvalue weighted by molar-refractivity contribution is 6.12. The quantitative estimate of drug-likeness (QED) is 0.152. The van der Waals surface area contributed by atoms with E-state index < -0.39 is 0 Å². The third-order valence-electron chi connectivity index (χ3n) is 13.4. The second kappa shape index (κ2) is 16.2. The van der Waals surface area contributed by atoms with E-state index in [2.05, 4.69) is 261 Å². The SMILES string of the molecule is CC(C)(C)c1ccc(-c2cc(N(c3ccc(-c4ccccc4)cc3)c3ccc(-c4ccc5c(c4)c4ccccc4n5-c4ccccc4)cc3)ccc2-c2cccc3c2oc2ccccc23)cc1. The van der Waals surface area contributed by atoms with Gasteiger partial charge in [0.25, 0.3) is 0 Å². The largest absolute Gasteiger partial charge is 0.455 e. The Hall–Kier alpha value is -8.40. The van der Waals surface area contributed by atoms with E-state index in [1.807, 2.05) is 6.07 Å². The summed E-state index contributed by atoms with van der Waals surface area (Å²) in [6.45, 7) is 6.81. The maximum absolute atomic E-state index is 6.66. The molecule has 0 bridgehead atoms. The van der Waals surface area contributed by atoms with Crippen LogP contribution in [0.15, 0.2) is 241 Å². The summed E-state index contributed by atoms with van der Waals surface area (Å²) >= 11 is 0. The van der Waals surface area contributed by atoms with E-state index in [9.17, 15) is 0 Å². The van der Waals surface area contributed by atoms with Crippen LogP contribution in [0.5, 0.6) is 0 Å². The van der Waals surface area contributed by atoms with Crippen LogP contribution in [0.25, 0.3) is 93.9 Å². The Balaban J connectivity index is 1.00. The van der Waals surface area contributed by atoms with Crippen molar-refractivity contribution in [2.24, 2.45) is 0 Å². The van der Waals surface area contributed by atoms with Gasteiger partial charge in [-0.2, -0.15) is 0 Å². The van der Waals surface area contributed by atoms with E-state index in [0.29, 0.717) is 0 Å². The molecule has 320 valence electrons. The molecule has 0 aliphatic carbocycles. The zero-order valence-corrected chi connectivity index (χ0v) is 37.8. The van der Waals surface area contributed by atoms with Crippen LogP contribution in [0.4, 0.5) is 17.1 Å². The van der Waals surface area contributed by atoms with Crippen molar-refractivity contribution in [3.05, 3.63) is 242 Å². The molecule has 0 fully saturated rings. The van der Waals surface area contributed by atoms with Gasteiger partial charge in [-0.15, -0.1) is 0 Å². The molecule has 12 aromatic rings. The van der Waals surface area contributed by atoms with E-state index in [4.69, 9.17) is 4.42 Å². The third-order valence-corrected chi connectivity index (χ3v) is 13.4. The average Bonchev–Trinajstić information content (AvgIpc) is 3.93. The predicted molar refractivity (Wildman–Crippen MR) is 283 cm³/mol. The van der Waals surface area contributed by atoms with Crippen LogP contribution in [0.3, 0.4) is 0 Å². The first-order chi connectivity index (χ1) is 32.9. The number of benzene rings is 10. The van der Waals surface area contributed by atoms with Crippen LogP contribution in [-0.2, 0) is 5.41 Å². The van der Waals surface area contributed by atoms with Crippen molar-refractivity contribution in [1.29, 1.82) is 0 Å². The Morgan fingerprint density at radius 2 is 0.910 bits per heavy atom. The third kappa shape index (κ3) is 7.17. The maximum Gasteiger partial charge on any atom is 0.143 e. The van der Waals surface area contributed by atoms with E-state index in [-0.39, 0.29) is 5.41 Å². The highest BCUT2D eigenvalue weighted by Crippen LogP contribution is 2.45. The van der Waals surface area contributed by atoms with Gasteiger partial charge in [0.05, 0.1) is 11.0 Å². The molecule has 0 N–H and O–H groups in total. The van der Waals surface area contributed by atoms with Crippen LogP contribution >= 0.6 is 0 Å². The Bertz CT molecular complexity index is 3740. The zero-order chi connectivity index (χ0) is 45.1. The number of rotatable bonds is 8. The summed E-state index contributed by atoms with van der Waals surface area (Å²) < 4.78 is 9.03. The molecule has 12 rings (SSSR count). The Morgan fingerprint density at radius 1 is 0.358 bits per heavy atom. The number of nitrogens with zero attached hydrogens (tertiary/aromatic N) is 2. The molecule has 0 radical (unpaired) electrons. The first-order valence-corrected chi connectivity index (χ1v) is 23.2. The van der Waals surface area contributed by atoms with Crippen molar-refractivity contribution >= 4 is 60.8 Å². The molecule has 0 amide bonds. The molecule has 0 aliphatic rings. The fourth-order valence-corrected chi connectivity index (χ4v) is 9.95. The Labute approximate surface area is 391 Å². The first kappa shape index (κ1) is 40.1. The van der Waals surface area contributed by atoms with Crippen molar-refractivity contribution in [3.63, 3.8) is 0 Å². The van der Waals surface area contributed by atoms with Gasteiger partial charge in [0, 0.05) is 49.9 Å². The summed E-state index contributed by atoms with van der Waals surface area (Å²) in [5, 5.41) is 4.73. The van der Waals surface area contributed by atoms with Gasteiger partial charge in [-0.1, -0.05) is 185 Å². The molecule has 0 unspecified atom stereocenters. The van der Waals surface area contributed by atoms with Crippen molar-refractivity contribution in [2.45, 2.75) is 26.2 Å². The lowest BCUT2D eigenvalue weighted by atomic mass is 9.85. The highest BCUT2D eigenvalue weighted by Gasteiger charge is 2.21. The number of hydrogen-bond acceptors (Lipinski definition) is 2. The van der Waals surface area contributed by atoms with Gasteiger partial charge in [-0.05, 0) is 123 Å². The molecular formula is C64H48N2O. The summed E-state index contributed by atoms with van der Waals surface area (Å²) in [7, 11) is 0. The molecule has 0 aliphatic heterocycles. The van der Waals surface area contributed by atoms with Crippen molar-refractivity contribution < 1.29 is 4.42 Å². The number of hydrogen-bond donors (Lipinski definition) is 0. The van der Waals surface area contributed by atoms with Crippen molar-refractivity contribution in [3.8, 4) is 50.2 Å². The summed E-state index contributed by atoms with van der Waals surface area (Å²) in [5.41, 5.74) is 19.1. The van der Waals surface area contributed by atoms with E-state index >= 15 is 0 Å². The zero-order valence-electron chi connectivity index (χ0n) is 37.8. The molecule has 2 heterocycles. The van der Waals surface area contributed by atoms with Crippen LogP contribution in [-0.4, -0.2) is 4.57 Å². The topological polar surface area (TPSA) is 21.3 Å². The van der Waals surface area contributed by atoms with Crippen LogP contribution in [0, 0.1) is 0 Å². The smallest absolute Gasteiger partial charge is 0.143 e. The van der Waals surface area contributed by atoms with Gasteiger partial charge in [0.2, 0.25) is 0 Å². The number of fused-ring (bicyclic) bond motifs is 6. The summed E-state index contributed by atoms with van der Waals surface area (Å²) in [4.78, 5) is 2.38. The van der Waals surface area contributed by atoms with Gasteiger partial charge in [0.15, 0.2) is 0 Å². The van der Waals surface area contributed by atoms with Gasteiger partial charge >= 0.3 is 0 Å². The van der Waals surface area contributed by atoms with Crippen LogP contribution in [0.1, 0.15) is 26.3 Å². The highest BCUT2D eigenvalue weighted by atomic mass is 16.3. The van der Waals surface area contributed by atoms with Crippen molar-refractivity contribution in [2.75, 3.05) is 4.90 Å². The number of para-hydroxylation sites is 4. The van der Waals surface area contributed by atoms with E-state index in [1.165, 1.54) is 44.1 Å². The second-order valence-corrected chi connectivity index (χ2v) is 18.6. The molecule has 0 atom stereocenters. The lowest BCUT2D eigenvalue weighted by Gasteiger charge is -2.27. The van der Waals surface area contributed by atoms with E-state index in [0.717, 1.165) is 72.5 Å². The van der Waals surface area contributed by atoms with E-state index in [1.54, 1.807) is 0 Å². The molecule has 3 nitrogen and oxygen atoms in total. The fourth-order valence-electron chi connectivity index (χ4n) is 9.95. The Kier molecular flexibility index (Phi) is 9.73. The molecule has 3 heteroatoms. The molecule has 0 spiro atoms. The van der Waals surface area contributed by atoms with Gasteiger partial charge in [-0.3, -0.25) is 0 Å². The fraction of sp³-hybridized carbons (Fsp3) is 0.0625. The minimum absolute atomic E-state index is 0.0325. The lowest BCUT2D eigenvalue weighted by Crippen LogP contribution is -2.11. The van der Waals surface area contributed by atoms with Gasteiger partial charge in [-0.25, -0.2) is 0 Å². The average molecular weight is 861 g/mol. The minimum Gasteiger partial charge on any atom is -0.455 e. The lowest BCUT2D eigenvalue weighted by molar-refractivity contribution is 0.590. The Morgan fingerprint density at radius 3 is 1.63 bits per heavy atom. The number of furan rings is 1. The van der Waals surface area contributed by atoms with Gasteiger partial charge < -0.3 is 13.9 Å². The normalized spacial score (nSPS) is 11.8. The van der Waals surface area contributed by atoms with Crippen LogP contribution in [0.2, 0.25) is 0 Å². The summed E-state index contributed by atoms with van der Waals surface area (Å²) in [5.74, 6) is 0. The second-order valence-electron chi connectivity index (χ2n) is 18.6. The summed E-state index contributed by atoms with van der Waals surface area (Å²) in [6.07, 6.45) is 0. The maximum atomic E-state index is 6.66. The monoisotopic (exact) mass is 860 g/mol. The molecular weight excluding hydrogens is 813 g/mol. The molecule has 2 aromatic heterocycles. The first-order valence-electron chi connectivity index (χ1n) is 23.2. The molecule has 10 aromatic carbocycles. The predicted octanol–water partition coefficient (Wildman–Crippen LogP) is 18.1. The number of aromatic nitrogens is 1. The molecule has 0 saturated heterocycles. The number of anilines is 3. The summed E-state index contributed by atoms with van der Waals surface area (Å²) in [6, 6.07) is 85.7. The minimum atomic E-state index is 0.0325.